The van der Waals surface area contributed by atoms with Gasteiger partial charge in [0.05, 0.1) is 16.8 Å². The van der Waals surface area contributed by atoms with Crippen LogP contribution in [0.2, 0.25) is 0 Å². The van der Waals surface area contributed by atoms with Crippen molar-refractivity contribution in [3.63, 3.8) is 0 Å². The summed E-state index contributed by atoms with van der Waals surface area (Å²) in [7, 11) is 0. The van der Waals surface area contributed by atoms with Crippen LogP contribution < -0.4 is 26.2 Å². The number of nitrogens with zero attached hydrogens (tertiary/aromatic N) is 2. The molecule has 0 unspecified atom stereocenters. The third-order valence-electron chi connectivity index (χ3n) is 16.0. The van der Waals surface area contributed by atoms with Crippen molar-refractivity contribution in [3.05, 3.63) is 186 Å². The molecule has 0 bridgehead atoms. The van der Waals surface area contributed by atoms with Crippen molar-refractivity contribution < 1.29 is 4.42 Å². The van der Waals surface area contributed by atoms with Gasteiger partial charge in [-0.15, -0.1) is 0 Å². The Morgan fingerprint density at radius 3 is 1.87 bits per heavy atom. The van der Waals surface area contributed by atoms with Gasteiger partial charge in [-0.25, -0.2) is 0 Å². The Bertz CT molecular complexity index is 3500. The standard InChI is InChI=1S/C64H61BN2O/c1-39(2)43-25-27-50-54(34-43)66(53-38-49-48(33-40(53)3)63(7,8)31-32-64(49,9)10)55-35-44(41-19-13-11-14-20-41)36-56-60(55)65(50)51-28-30-58-59(46-23-17-18-24-57(46)68-58)61(51)67(56)52-29-26-45(62(4,5)6)37-47(52)42-21-15-12-16-22-42/h11-30,33-39H,31-32H2,1-10H3. The third-order valence-corrected chi connectivity index (χ3v) is 16.0. The zero-order valence-electron chi connectivity index (χ0n) is 41.4. The van der Waals surface area contributed by atoms with Crippen LogP contribution in [0.25, 0.3) is 44.2 Å². The van der Waals surface area contributed by atoms with Crippen molar-refractivity contribution in [3.8, 4) is 22.3 Å². The molecule has 3 nitrogen and oxygen atoms in total. The maximum absolute atomic E-state index is 6.81. The summed E-state index contributed by atoms with van der Waals surface area (Å²) in [5, 5.41) is 2.27. The Morgan fingerprint density at radius 1 is 0.544 bits per heavy atom. The number of para-hydroxylation sites is 1. The van der Waals surface area contributed by atoms with Crippen molar-refractivity contribution in [2.75, 3.05) is 9.80 Å². The highest BCUT2D eigenvalue weighted by molar-refractivity contribution is 7.00. The normalized spacial score (nSPS) is 15.7. The Labute approximate surface area is 403 Å². The highest BCUT2D eigenvalue weighted by atomic mass is 16.3. The van der Waals surface area contributed by atoms with Gasteiger partial charge in [0, 0.05) is 33.7 Å². The Morgan fingerprint density at radius 2 is 1.18 bits per heavy atom. The van der Waals surface area contributed by atoms with Crippen LogP contribution in [0.3, 0.4) is 0 Å². The lowest BCUT2D eigenvalue weighted by molar-refractivity contribution is 0.332. The van der Waals surface area contributed by atoms with Crippen molar-refractivity contribution in [1.82, 2.24) is 0 Å². The van der Waals surface area contributed by atoms with Crippen LogP contribution in [0, 0.1) is 6.92 Å². The Hall–Kier alpha value is -6.78. The van der Waals surface area contributed by atoms with Crippen LogP contribution in [0.5, 0.6) is 0 Å². The minimum absolute atomic E-state index is 0.0427. The number of hydrogen-bond acceptors (Lipinski definition) is 3. The first kappa shape index (κ1) is 42.6. The number of fused-ring (bicyclic) bond motifs is 9. The van der Waals surface area contributed by atoms with Crippen LogP contribution in [0.4, 0.5) is 34.1 Å². The fourth-order valence-electron chi connectivity index (χ4n) is 12.0. The Balaban J connectivity index is 1.26. The van der Waals surface area contributed by atoms with Gasteiger partial charge in [0.25, 0.3) is 6.71 Å². The lowest BCUT2D eigenvalue weighted by atomic mass is 9.33. The van der Waals surface area contributed by atoms with E-state index in [1.807, 2.05) is 0 Å². The first-order chi connectivity index (χ1) is 32.6. The molecule has 3 aliphatic rings. The highest BCUT2D eigenvalue weighted by Crippen LogP contribution is 2.54. The molecule has 0 atom stereocenters. The maximum atomic E-state index is 6.81. The average molecular weight is 885 g/mol. The van der Waals surface area contributed by atoms with E-state index in [9.17, 15) is 0 Å². The molecular formula is C64H61BN2O. The first-order valence-electron chi connectivity index (χ1n) is 24.9. The summed E-state index contributed by atoms with van der Waals surface area (Å²) >= 11 is 0. The van der Waals surface area contributed by atoms with Gasteiger partial charge in [0.2, 0.25) is 0 Å². The quantitative estimate of drug-likeness (QED) is 0.161. The van der Waals surface area contributed by atoms with E-state index in [1.54, 1.807) is 0 Å². The average Bonchev–Trinajstić information content (AvgIpc) is 3.72. The third kappa shape index (κ3) is 6.47. The molecule has 0 N–H and O–H groups in total. The molecule has 0 amide bonds. The van der Waals surface area contributed by atoms with E-state index in [0.29, 0.717) is 5.92 Å². The van der Waals surface area contributed by atoms with E-state index >= 15 is 0 Å². The molecule has 0 saturated carbocycles. The smallest absolute Gasteiger partial charge is 0.252 e. The molecule has 336 valence electrons. The molecule has 9 aromatic rings. The summed E-state index contributed by atoms with van der Waals surface area (Å²) in [4.78, 5) is 5.30. The van der Waals surface area contributed by atoms with Crippen LogP contribution in [0.15, 0.2) is 162 Å². The summed E-state index contributed by atoms with van der Waals surface area (Å²) in [6.45, 7) is 23.7. The van der Waals surface area contributed by atoms with E-state index in [0.717, 1.165) is 34.0 Å². The molecule has 0 saturated heterocycles. The summed E-state index contributed by atoms with van der Waals surface area (Å²) in [5.74, 6) is 0.359. The molecule has 2 aliphatic heterocycles. The van der Waals surface area contributed by atoms with E-state index in [-0.39, 0.29) is 23.0 Å². The summed E-state index contributed by atoms with van der Waals surface area (Å²) in [6, 6.07) is 60.0. The van der Waals surface area contributed by atoms with E-state index in [2.05, 4.69) is 237 Å². The monoisotopic (exact) mass is 884 g/mol. The van der Waals surface area contributed by atoms with Crippen molar-refractivity contribution in [2.45, 2.75) is 104 Å². The summed E-state index contributed by atoms with van der Waals surface area (Å²) in [5.41, 5.74) is 24.8. The van der Waals surface area contributed by atoms with Gasteiger partial charge in [0.15, 0.2) is 0 Å². The highest BCUT2D eigenvalue weighted by Gasteiger charge is 2.46. The van der Waals surface area contributed by atoms with E-state index in [1.165, 1.54) is 101 Å². The number of hydrogen-bond donors (Lipinski definition) is 0. The van der Waals surface area contributed by atoms with Crippen molar-refractivity contribution in [2.24, 2.45) is 0 Å². The summed E-state index contributed by atoms with van der Waals surface area (Å²) in [6.07, 6.45) is 2.34. The van der Waals surface area contributed by atoms with Gasteiger partial charge in [-0.1, -0.05) is 172 Å². The van der Waals surface area contributed by atoms with Crippen LogP contribution in [0.1, 0.15) is 109 Å². The van der Waals surface area contributed by atoms with Gasteiger partial charge in [0.1, 0.15) is 11.2 Å². The maximum Gasteiger partial charge on any atom is 0.252 e. The minimum atomic E-state index is -0.0526. The van der Waals surface area contributed by atoms with E-state index in [4.69, 9.17) is 4.42 Å². The van der Waals surface area contributed by atoms with Gasteiger partial charge in [-0.3, -0.25) is 0 Å². The molecule has 0 fully saturated rings. The molecule has 68 heavy (non-hydrogen) atoms. The lowest BCUT2D eigenvalue weighted by Crippen LogP contribution is -2.61. The molecule has 3 heterocycles. The molecular weight excluding hydrogens is 824 g/mol. The molecule has 4 heteroatoms. The van der Waals surface area contributed by atoms with Crippen molar-refractivity contribution >= 4 is 79.2 Å². The largest absolute Gasteiger partial charge is 0.456 e. The minimum Gasteiger partial charge on any atom is -0.456 e. The number of rotatable bonds is 5. The Kier molecular flexibility index (Phi) is 9.46. The lowest BCUT2D eigenvalue weighted by Gasteiger charge is -2.46. The molecule has 1 aromatic heterocycles. The molecule has 0 radical (unpaired) electrons. The molecule has 0 spiro atoms. The topological polar surface area (TPSA) is 19.6 Å². The summed E-state index contributed by atoms with van der Waals surface area (Å²) < 4.78 is 6.81. The fourth-order valence-corrected chi connectivity index (χ4v) is 12.0. The number of anilines is 6. The van der Waals surface area contributed by atoms with Crippen LogP contribution in [-0.2, 0) is 16.2 Å². The zero-order chi connectivity index (χ0) is 47.0. The fraction of sp³-hybridized carbons (Fsp3) is 0.250. The zero-order valence-corrected chi connectivity index (χ0v) is 41.4. The molecule has 1 aliphatic carbocycles. The van der Waals surface area contributed by atoms with Gasteiger partial charge in [-0.2, -0.15) is 0 Å². The van der Waals surface area contributed by atoms with Gasteiger partial charge in [-0.05, 0) is 151 Å². The van der Waals surface area contributed by atoms with Gasteiger partial charge < -0.3 is 14.2 Å². The first-order valence-corrected chi connectivity index (χ1v) is 24.9. The second-order valence-electron chi connectivity index (χ2n) is 22.6. The SMILES string of the molecule is Cc1cc2c(cc1N1c3cc(C(C)C)ccc3B3c4ccc5oc6ccccc6c5c4N(c4ccc(C(C)(C)C)cc4-c4ccccc4)c4cc(-c5ccccc5)cc1c43)C(C)(C)CCC2(C)C. The number of aryl methyl sites for hydroxylation is 1. The van der Waals surface area contributed by atoms with Gasteiger partial charge >= 0.3 is 0 Å². The van der Waals surface area contributed by atoms with Crippen molar-refractivity contribution in [1.29, 1.82) is 0 Å². The van der Waals surface area contributed by atoms with Crippen LogP contribution >= 0.6 is 0 Å². The van der Waals surface area contributed by atoms with E-state index < -0.39 is 0 Å². The molecule has 8 aromatic carbocycles. The predicted octanol–water partition coefficient (Wildman–Crippen LogP) is 16.1. The van der Waals surface area contributed by atoms with Crippen LogP contribution in [-0.4, -0.2) is 6.71 Å². The molecule has 12 rings (SSSR count). The number of furan rings is 1. The number of benzene rings is 8. The second kappa shape index (κ2) is 15.1. The predicted molar refractivity (Wildman–Crippen MR) is 291 cm³/mol. The second-order valence-corrected chi connectivity index (χ2v) is 22.6.